The second-order valence-corrected chi connectivity index (χ2v) is 2.53. The molecule has 0 saturated carbocycles. The van der Waals surface area contributed by atoms with E-state index >= 15 is 0 Å². The normalized spacial score (nSPS) is 18.9. The lowest BCUT2D eigenvalue weighted by Crippen LogP contribution is -2.43. The van der Waals surface area contributed by atoms with E-state index in [0.717, 1.165) is 0 Å². The Labute approximate surface area is 66.2 Å². The summed E-state index contributed by atoms with van der Waals surface area (Å²) in [6.07, 6.45) is -0.771. The van der Waals surface area contributed by atoms with E-state index in [9.17, 15) is 9.90 Å². The zero-order chi connectivity index (χ0) is 8.85. The van der Waals surface area contributed by atoms with Crippen molar-refractivity contribution in [2.75, 3.05) is 7.05 Å². The Morgan fingerprint density at radius 2 is 2.09 bits per heavy atom. The maximum Gasteiger partial charge on any atom is 0.121 e. The molecule has 66 valence electrons. The minimum absolute atomic E-state index is 0.211. The zero-order valence-corrected chi connectivity index (χ0v) is 6.82. The molecule has 0 saturated heterocycles. The largest absolute Gasteiger partial charge is 0.391 e. The van der Waals surface area contributed by atoms with E-state index in [1.54, 1.807) is 7.05 Å². The second-order valence-electron chi connectivity index (χ2n) is 2.53. The van der Waals surface area contributed by atoms with Crippen LogP contribution in [0.4, 0.5) is 0 Å². The molecule has 0 aliphatic rings. The highest BCUT2D eigenvalue weighted by molar-refractivity contribution is 5.50. The predicted molar refractivity (Wildman–Crippen MR) is 41.2 cm³/mol. The molecule has 3 atom stereocenters. The van der Waals surface area contributed by atoms with Gasteiger partial charge >= 0.3 is 0 Å². The van der Waals surface area contributed by atoms with Crippen molar-refractivity contribution in [3.8, 4) is 0 Å². The number of nitrogens with one attached hydrogen (secondary N) is 1. The summed E-state index contributed by atoms with van der Waals surface area (Å²) < 4.78 is 0. The summed E-state index contributed by atoms with van der Waals surface area (Å²) in [5.74, 6) is 0. The molecule has 0 amide bonds. The third kappa shape index (κ3) is 3.46. The minimum atomic E-state index is -0.884. The Morgan fingerprint density at radius 3 is 2.36 bits per heavy atom. The molecule has 0 aliphatic carbocycles. The molecular weight excluding hydrogens is 146 g/mol. The lowest BCUT2D eigenvalue weighted by molar-refractivity contribution is -0.109. The van der Waals surface area contributed by atoms with Crippen molar-refractivity contribution in [3.05, 3.63) is 0 Å². The molecule has 0 heterocycles. The van der Waals surface area contributed by atoms with E-state index in [4.69, 9.17) is 5.11 Å². The van der Waals surface area contributed by atoms with Crippen molar-refractivity contribution < 1.29 is 15.0 Å². The van der Waals surface area contributed by atoms with Crippen molar-refractivity contribution in [1.82, 2.24) is 5.32 Å². The third-order valence-corrected chi connectivity index (χ3v) is 1.63. The van der Waals surface area contributed by atoms with E-state index in [1.165, 1.54) is 6.92 Å². The molecule has 0 aromatic carbocycles. The lowest BCUT2D eigenvalue weighted by Gasteiger charge is -2.22. The van der Waals surface area contributed by atoms with E-state index < -0.39 is 12.2 Å². The zero-order valence-electron chi connectivity index (χ0n) is 6.82. The van der Waals surface area contributed by atoms with Crippen molar-refractivity contribution in [2.45, 2.75) is 31.6 Å². The second kappa shape index (κ2) is 5.23. The van der Waals surface area contributed by atoms with Gasteiger partial charge in [-0.05, 0) is 14.0 Å². The highest BCUT2D eigenvalue weighted by Gasteiger charge is 2.20. The molecule has 0 unspecified atom stereocenters. The van der Waals surface area contributed by atoms with Crippen LogP contribution in [-0.4, -0.2) is 41.8 Å². The predicted octanol–water partition coefficient (Wildman–Crippen LogP) is -1.09. The van der Waals surface area contributed by atoms with Crippen LogP contribution in [0, 0.1) is 0 Å². The molecule has 0 aromatic rings. The molecule has 0 spiro atoms. The smallest absolute Gasteiger partial charge is 0.121 e. The third-order valence-electron chi connectivity index (χ3n) is 1.63. The Hall–Kier alpha value is -0.450. The van der Waals surface area contributed by atoms with Crippen LogP contribution in [0.15, 0.2) is 0 Å². The fourth-order valence-corrected chi connectivity index (χ4v) is 0.868. The fraction of sp³-hybridized carbons (Fsp3) is 0.857. The molecule has 0 radical (unpaired) electrons. The van der Waals surface area contributed by atoms with Crippen LogP contribution in [-0.2, 0) is 4.79 Å². The molecule has 11 heavy (non-hydrogen) atoms. The Kier molecular flexibility index (Phi) is 5.02. The van der Waals surface area contributed by atoms with Gasteiger partial charge in [0.2, 0.25) is 0 Å². The number of hydrogen-bond donors (Lipinski definition) is 3. The first-order chi connectivity index (χ1) is 5.13. The summed E-state index contributed by atoms with van der Waals surface area (Å²) in [7, 11) is 1.64. The van der Waals surface area contributed by atoms with Crippen LogP contribution in [0.5, 0.6) is 0 Å². The number of carbonyl (C=O) groups excluding carboxylic acids is 1. The molecule has 4 heteroatoms. The van der Waals surface area contributed by atoms with Gasteiger partial charge in [0, 0.05) is 12.5 Å². The summed E-state index contributed by atoms with van der Waals surface area (Å²) in [5.41, 5.74) is 0. The average Bonchev–Trinajstić information content (AvgIpc) is 1.98. The van der Waals surface area contributed by atoms with Crippen LogP contribution in [0.25, 0.3) is 0 Å². The highest BCUT2D eigenvalue weighted by Crippen LogP contribution is 2.01. The van der Waals surface area contributed by atoms with Gasteiger partial charge < -0.3 is 20.3 Å². The number of likely N-dealkylation sites (N-methyl/N-ethyl adjacent to an activating group) is 1. The number of aliphatic hydroxyl groups excluding tert-OH is 2. The quantitative estimate of drug-likeness (QED) is 0.448. The SMILES string of the molecule is CN[C@@H](CC=O)[C@H](O)[C@H](C)O. The average molecular weight is 161 g/mol. The van der Waals surface area contributed by atoms with Gasteiger partial charge in [0.15, 0.2) is 0 Å². The molecular formula is C7H15NO3. The van der Waals surface area contributed by atoms with Gasteiger partial charge in [-0.2, -0.15) is 0 Å². The molecule has 0 rings (SSSR count). The van der Waals surface area contributed by atoms with Crippen molar-refractivity contribution in [1.29, 1.82) is 0 Å². The Balaban J connectivity index is 3.90. The molecule has 4 nitrogen and oxygen atoms in total. The molecule has 0 aromatic heterocycles. The van der Waals surface area contributed by atoms with Crippen LogP contribution in [0.3, 0.4) is 0 Å². The topological polar surface area (TPSA) is 69.6 Å². The first kappa shape index (κ1) is 10.6. The summed E-state index contributed by atoms with van der Waals surface area (Å²) in [6.45, 7) is 1.49. The highest BCUT2D eigenvalue weighted by atomic mass is 16.3. The molecule has 0 aliphatic heterocycles. The number of rotatable bonds is 5. The molecule has 0 bridgehead atoms. The summed E-state index contributed by atoms with van der Waals surface area (Å²) in [5, 5.41) is 20.9. The summed E-state index contributed by atoms with van der Waals surface area (Å²) in [6, 6.07) is -0.354. The van der Waals surface area contributed by atoms with Gasteiger partial charge in [-0.15, -0.1) is 0 Å². The van der Waals surface area contributed by atoms with E-state index in [2.05, 4.69) is 5.32 Å². The van der Waals surface area contributed by atoms with Crippen molar-refractivity contribution in [2.24, 2.45) is 0 Å². The van der Waals surface area contributed by atoms with Gasteiger partial charge in [-0.3, -0.25) is 0 Å². The van der Waals surface area contributed by atoms with E-state index in [1.807, 2.05) is 0 Å². The first-order valence-electron chi connectivity index (χ1n) is 3.60. The van der Waals surface area contributed by atoms with Crippen LogP contribution < -0.4 is 5.32 Å². The first-order valence-corrected chi connectivity index (χ1v) is 3.60. The number of aldehydes is 1. The maximum atomic E-state index is 10.1. The van der Waals surface area contributed by atoms with E-state index in [-0.39, 0.29) is 12.5 Å². The van der Waals surface area contributed by atoms with Gasteiger partial charge in [0.05, 0.1) is 12.2 Å². The molecule has 3 N–H and O–H groups in total. The lowest BCUT2D eigenvalue weighted by atomic mass is 10.0. The number of carbonyl (C=O) groups is 1. The fourth-order valence-electron chi connectivity index (χ4n) is 0.868. The van der Waals surface area contributed by atoms with Crippen LogP contribution in [0.2, 0.25) is 0 Å². The van der Waals surface area contributed by atoms with Gasteiger partial charge in [0.25, 0.3) is 0 Å². The maximum absolute atomic E-state index is 10.1. The Morgan fingerprint density at radius 1 is 1.55 bits per heavy atom. The number of hydrogen-bond acceptors (Lipinski definition) is 4. The van der Waals surface area contributed by atoms with Gasteiger partial charge in [-0.1, -0.05) is 0 Å². The van der Waals surface area contributed by atoms with Crippen LogP contribution in [0.1, 0.15) is 13.3 Å². The summed E-state index contributed by atoms with van der Waals surface area (Å²) >= 11 is 0. The Bertz CT molecular complexity index is 116. The minimum Gasteiger partial charge on any atom is -0.391 e. The number of aliphatic hydroxyl groups is 2. The standard InChI is InChI=1S/C7H15NO3/c1-5(10)7(11)6(8-2)3-4-9/h4-8,10-11H,3H2,1-2H3/t5-,6-,7+/m0/s1. The summed E-state index contributed by atoms with van der Waals surface area (Å²) in [4.78, 5) is 10.1. The van der Waals surface area contributed by atoms with Crippen molar-refractivity contribution in [3.63, 3.8) is 0 Å². The van der Waals surface area contributed by atoms with Gasteiger partial charge in [0.1, 0.15) is 6.29 Å². The molecule has 0 fully saturated rings. The monoisotopic (exact) mass is 161 g/mol. The van der Waals surface area contributed by atoms with Crippen molar-refractivity contribution >= 4 is 6.29 Å². The van der Waals surface area contributed by atoms with Gasteiger partial charge in [-0.25, -0.2) is 0 Å². The van der Waals surface area contributed by atoms with Crippen LogP contribution >= 0.6 is 0 Å². The van der Waals surface area contributed by atoms with E-state index in [0.29, 0.717) is 6.29 Å².